The predicted molar refractivity (Wildman–Crippen MR) is 119 cm³/mol. The quantitative estimate of drug-likeness (QED) is 0.512. The lowest BCUT2D eigenvalue weighted by molar-refractivity contribution is -0.118. The van der Waals surface area contributed by atoms with Gasteiger partial charge in [-0.1, -0.05) is 23.9 Å². The van der Waals surface area contributed by atoms with Crippen molar-refractivity contribution >= 4 is 17.7 Å². The SMILES string of the molecule is COc1ccc(-n2c(C)nnc2SCC(=O)NCC(c2cccc(F)c2)N(C)C)cc1. The molecule has 164 valence electrons. The van der Waals surface area contributed by atoms with E-state index < -0.39 is 0 Å². The van der Waals surface area contributed by atoms with E-state index in [4.69, 9.17) is 4.74 Å². The Balaban J connectivity index is 1.62. The normalized spacial score (nSPS) is 12.1. The van der Waals surface area contributed by atoms with Crippen LogP contribution in [0.5, 0.6) is 5.75 Å². The number of thioether (sulfide) groups is 1. The molecular formula is C22H26FN5O2S. The first kappa shape index (κ1) is 22.8. The molecule has 0 bridgehead atoms. The number of likely N-dealkylation sites (N-methyl/N-ethyl adjacent to an activating group) is 1. The molecule has 0 aliphatic heterocycles. The van der Waals surface area contributed by atoms with Gasteiger partial charge in [0.05, 0.1) is 18.9 Å². The molecule has 0 saturated carbocycles. The molecule has 0 aliphatic carbocycles. The summed E-state index contributed by atoms with van der Waals surface area (Å²) in [6.45, 7) is 2.24. The van der Waals surface area contributed by atoms with E-state index >= 15 is 0 Å². The van der Waals surface area contributed by atoms with Gasteiger partial charge in [0.2, 0.25) is 5.91 Å². The molecule has 0 aliphatic rings. The number of ether oxygens (including phenoxy) is 1. The second-order valence-electron chi connectivity index (χ2n) is 7.19. The first-order valence-electron chi connectivity index (χ1n) is 9.77. The fourth-order valence-electron chi connectivity index (χ4n) is 3.17. The average molecular weight is 444 g/mol. The Labute approximate surface area is 185 Å². The maximum absolute atomic E-state index is 13.6. The lowest BCUT2D eigenvalue weighted by Gasteiger charge is -2.25. The van der Waals surface area contributed by atoms with Crippen molar-refractivity contribution in [3.05, 3.63) is 65.7 Å². The summed E-state index contributed by atoms with van der Waals surface area (Å²) in [7, 11) is 5.42. The van der Waals surface area contributed by atoms with Crippen molar-refractivity contribution < 1.29 is 13.9 Å². The fraction of sp³-hybridized carbons (Fsp3) is 0.318. The monoisotopic (exact) mass is 443 g/mol. The molecule has 2 aromatic carbocycles. The number of nitrogens with one attached hydrogen (secondary N) is 1. The van der Waals surface area contributed by atoms with Crippen LogP contribution in [0.3, 0.4) is 0 Å². The third kappa shape index (κ3) is 5.83. The van der Waals surface area contributed by atoms with Crippen LogP contribution >= 0.6 is 11.8 Å². The zero-order valence-electron chi connectivity index (χ0n) is 18.0. The molecule has 3 aromatic rings. The van der Waals surface area contributed by atoms with E-state index in [2.05, 4.69) is 15.5 Å². The molecule has 0 spiro atoms. The maximum atomic E-state index is 13.6. The van der Waals surface area contributed by atoms with E-state index in [0.29, 0.717) is 11.7 Å². The van der Waals surface area contributed by atoms with E-state index in [0.717, 1.165) is 22.8 Å². The van der Waals surface area contributed by atoms with Gasteiger partial charge in [0.25, 0.3) is 0 Å². The van der Waals surface area contributed by atoms with Gasteiger partial charge in [-0.15, -0.1) is 10.2 Å². The molecule has 1 N–H and O–H groups in total. The number of hydrogen-bond donors (Lipinski definition) is 1. The van der Waals surface area contributed by atoms with Crippen LogP contribution in [0.1, 0.15) is 17.4 Å². The standard InChI is InChI=1S/C22H26FN5O2S/c1-15-25-26-22(28(15)18-8-10-19(30-4)11-9-18)31-14-21(29)24-13-20(27(2)3)16-6-5-7-17(23)12-16/h5-12,20H,13-14H2,1-4H3,(H,24,29). The Morgan fingerprint density at radius 2 is 1.97 bits per heavy atom. The van der Waals surface area contributed by atoms with E-state index in [1.807, 2.05) is 60.8 Å². The van der Waals surface area contributed by atoms with Crippen LogP contribution in [-0.4, -0.2) is 59.1 Å². The lowest BCUT2D eigenvalue weighted by atomic mass is 10.1. The number of carbonyl (C=O) groups is 1. The Hall–Kier alpha value is -2.91. The van der Waals surface area contributed by atoms with Crippen LogP contribution < -0.4 is 10.1 Å². The van der Waals surface area contributed by atoms with Gasteiger partial charge in [-0.2, -0.15) is 0 Å². The number of methoxy groups -OCH3 is 1. The number of aromatic nitrogens is 3. The van der Waals surface area contributed by atoms with E-state index in [1.165, 1.54) is 23.9 Å². The molecule has 0 saturated heterocycles. The molecular weight excluding hydrogens is 417 g/mol. The molecule has 0 radical (unpaired) electrons. The summed E-state index contributed by atoms with van der Waals surface area (Å²) in [6, 6.07) is 13.9. The first-order valence-corrected chi connectivity index (χ1v) is 10.8. The zero-order valence-corrected chi connectivity index (χ0v) is 18.8. The largest absolute Gasteiger partial charge is 0.497 e. The third-order valence-corrected chi connectivity index (χ3v) is 5.74. The summed E-state index contributed by atoms with van der Waals surface area (Å²) in [4.78, 5) is 14.4. The van der Waals surface area contributed by atoms with Crippen LogP contribution in [0.25, 0.3) is 5.69 Å². The van der Waals surface area contributed by atoms with Gasteiger partial charge in [-0.3, -0.25) is 9.36 Å². The van der Waals surface area contributed by atoms with Crippen molar-refractivity contribution in [2.75, 3.05) is 33.5 Å². The molecule has 1 unspecified atom stereocenters. The molecule has 0 fully saturated rings. The van der Waals surface area contributed by atoms with Crippen LogP contribution in [0.4, 0.5) is 4.39 Å². The number of aryl methyl sites for hydroxylation is 1. The highest BCUT2D eigenvalue weighted by Gasteiger charge is 2.17. The van der Waals surface area contributed by atoms with Gasteiger partial charge in [-0.05, 0) is 63.0 Å². The van der Waals surface area contributed by atoms with Crippen molar-refractivity contribution in [1.82, 2.24) is 25.0 Å². The highest BCUT2D eigenvalue weighted by atomic mass is 32.2. The number of carbonyl (C=O) groups excluding carboxylic acids is 1. The molecule has 1 amide bonds. The second kappa shape index (κ2) is 10.4. The summed E-state index contributed by atoms with van der Waals surface area (Å²) in [6.07, 6.45) is 0. The zero-order chi connectivity index (χ0) is 22.4. The van der Waals surface area contributed by atoms with Gasteiger partial charge in [-0.25, -0.2) is 4.39 Å². The van der Waals surface area contributed by atoms with Crippen LogP contribution in [-0.2, 0) is 4.79 Å². The molecule has 7 nitrogen and oxygen atoms in total. The van der Waals surface area contributed by atoms with Crippen LogP contribution in [0, 0.1) is 12.7 Å². The summed E-state index contributed by atoms with van der Waals surface area (Å²) >= 11 is 1.31. The molecule has 31 heavy (non-hydrogen) atoms. The minimum Gasteiger partial charge on any atom is -0.497 e. The number of nitrogens with zero attached hydrogens (tertiary/aromatic N) is 4. The number of amides is 1. The van der Waals surface area contributed by atoms with Gasteiger partial charge in [0.15, 0.2) is 5.16 Å². The van der Waals surface area contributed by atoms with E-state index in [1.54, 1.807) is 13.2 Å². The highest BCUT2D eigenvalue weighted by molar-refractivity contribution is 7.99. The van der Waals surface area contributed by atoms with Gasteiger partial charge < -0.3 is 15.0 Å². The molecule has 1 atom stereocenters. The summed E-state index contributed by atoms with van der Waals surface area (Å²) in [5.74, 6) is 1.26. The highest BCUT2D eigenvalue weighted by Crippen LogP contribution is 2.23. The van der Waals surface area contributed by atoms with E-state index in [-0.39, 0.29) is 23.5 Å². The van der Waals surface area contributed by atoms with Crippen molar-refractivity contribution in [3.8, 4) is 11.4 Å². The molecule has 1 aromatic heterocycles. The van der Waals surface area contributed by atoms with Crippen molar-refractivity contribution in [2.45, 2.75) is 18.1 Å². The Morgan fingerprint density at radius 3 is 2.61 bits per heavy atom. The van der Waals surface area contributed by atoms with Crippen molar-refractivity contribution in [3.63, 3.8) is 0 Å². The number of hydrogen-bond acceptors (Lipinski definition) is 6. The Kier molecular flexibility index (Phi) is 7.64. The average Bonchev–Trinajstić information content (AvgIpc) is 3.12. The van der Waals surface area contributed by atoms with Crippen molar-refractivity contribution in [2.24, 2.45) is 0 Å². The number of benzene rings is 2. The third-order valence-electron chi connectivity index (χ3n) is 4.81. The van der Waals surface area contributed by atoms with Gasteiger partial charge >= 0.3 is 0 Å². The van der Waals surface area contributed by atoms with Crippen LogP contribution in [0.15, 0.2) is 53.7 Å². The topological polar surface area (TPSA) is 72.3 Å². The molecule has 3 rings (SSSR count). The smallest absolute Gasteiger partial charge is 0.230 e. The number of halogens is 1. The van der Waals surface area contributed by atoms with Gasteiger partial charge in [0.1, 0.15) is 17.4 Å². The van der Waals surface area contributed by atoms with E-state index in [9.17, 15) is 9.18 Å². The minimum atomic E-state index is -0.292. The van der Waals surface area contributed by atoms with Crippen LogP contribution in [0.2, 0.25) is 0 Å². The molecule has 1 heterocycles. The Bertz CT molecular complexity index is 1020. The van der Waals surface area contributed by atoms with Gasteiger partial charge in [0, 0.05) is 12.2 Å². The predicted octanol–water partition coefficient (Wildman–Crippen LogP) is 3.23. The summed E-state index contributed by atoms with van der Waals surface area (Å²) < 4.78 is 20.7. The number of rotatable bonds is 9. The first-order chi connectivity index (χ1) is 14.9. The minimum absolute atomic E-state index is 0.129. The summed E-state index contributed by atoms with van der Waals surface area (Å²) in [5, 5.41) is 11.9. The molecule has 9 heteroatoms. The Morgan fingerprint density at radius 1 is 1.23 bits per heavy atom. The summed E-state index contributed by atoms with van der Waals surface area (Å²) in [5.41, 5.74) is 1.71. The van der Waals surface area contributed by atoms with Crippen molar-refractivity contribution in [1.29, 1.82) is 0 Å². The lowest BCUT2D eigenvalue weighted by Crippen LogP contribution is -2.35. The second-order valence-corrected chi connectivity index (χ2v) is 8.13. The maximum Gasteiger partial charge on any atom is 0.230 e. The fourth-order valence-corrected chi connectivity index (χ4v) is 4.00.